The molecule has 0 aromatic heterocycles. The Bertz CT molecular complexity index is 819. The summed E-state index contributed by atoms with van der Waals surface area (Å²) in [4.78, 5) is 26.9. The van der Waals surface area contributed by atoms with Gasteiger partial charge >= 0.3 is 0 Å². The lowest BCUT2D eigenvalue weighted by atomic mass is 10.1. The van der Waals surface area contributed by atoms with Crippen LogP contribution in [0.2, 0.25) is 0 Å². The van der Waals surface area contributed by atoms with Gasteiger partial charge in [-0.3, -0.25) is 9.59 Å². The maximum atomic E-state index is 12.7. The quantitative estimate of drug-likeness (QED) is 0.690. The van der Waals surface area contributed by atoms with E-state index < -0.39 is 0 Å². The molecule has 27 heavy (non-hydrogen) atoms. The lowest BCUT2D eigenvalue weighted by Gasteiger charge is -2.27. The second kappa shape index (κ2) is 8.71. The first kappa shape index (κ1) is 19.0. The molecule has 0 radical (unpaired) electrons. The first-order chi connectivity index (χ1) is 13.2. The van der Waals surface area contributed by atoms with E-state index in [-0.39, 0.29) is 18.0 Å². The van der Waals surface area contributed by atoms with E-state index in [1.807, 2.05) is 53.4 Å². The molecule has 0 fully saturated rings. The summed E-state index contributed by atoms with van der Waals surface area (Å²) >= 11 is 0. The lowest BCUT2D eigenvalue weighted by Crippen LogP contribution is -2.33. The van der Waals surface area contributed by atoms with Gasteiger partial charge in [0.2, 0.25) is 0 Å². The average Bonchev–Trinajstić information content (AvgIpc) is 2.95. The molecular weight excluding hydrogens is 338 g/mol. The van der Waals surface area contributed by atoms with E-state index in [1.54, 1.807) is 0 Å². The Morgan fingerprint density at radius 2 is 1.89 bits per heavy atom. The first-order valence-corrected chi connectivity index (χ1v) is 9.70. The van der Waals surface area contributed by atoms with Gasteiger partial charge in [-0.1, -0.05) is 44.5 Å². The first-order valence-electron chi connectivity index (χ1n) is 9.70. The molecule has 2 N–H and O–H groups in total. The zero-order valence-corrected chi connectivity index (χ0v) is 16.0. The van der Waals surface area contributed by atoms with Gasteiger partial charge in [-0.2, -0.15) is 0 Å². The van der Waals surface area contributed by atoms with Crippen molar-refractivity contribution in [3.05, 3.63) is 65.2 Å². The third-order valence-electron chi connectivity index (χ3n) is 4.77. The minimum Gasteiger partial charge on any atom is -0.361 e. The van der Waals surface area contributed by atoms with Crippen molar-refractivity contribution in [2.45, 2.75) is 39.3 Å². The largest absolute Gasteiger partial charge is 0.361 e. The minimum absolute atomic E-state index is 0.0541. The standard InChI is InChI=1S/C22H27N3O2/c1-3-5-13-23-21(26)16-9-8-10-17(15-16)24-20-18-11-6-7-12-19(18)22(27)25(20)14-4-2/h6-12,15,20,24H,3-5,13-14H2,1-2H3,(H,23,26)/t20-/m1/s1. The van der Waals surface area contributed by atoms with Crippen molar-refractivity contribution in [1.29, 1.82) is 0 Å². The summed E-state index contributed by atoms with van der Waals surface area (Å²) in [6, 6.07) is 15.2. The second-order valence-corrected chi connectivity index (χ2v) is 6.82. The molecule has 1 atom stereocenters. The molecule has 0 aliphatic carbocycles. The van der Waals surface area contributed by atoms with Crippen LogP contribution in [-0.4, -0.2) is 29.8 Å². The Balaban J connectivity index is 1.80. The van der Waals surface area contributed by atoms with Crippen LogP contribution in [0.25, 0.3) is 0 Å². The number of hydrogen-bond donors (Lipinski definition) is 2. The Labute approximate surface area is 160 Å². The highest BCUT2D eigenvalue weighted by Crippen LogP contribution is 2.34. The minimum atomic E-state index is -0.216. The van der Waals surface area contributed by atoms with E-state index in [9.17, 15) is 9.59 Å². The van der Waals surface area contributed by atoms with Crippen molar-refractivity contribution in [2.75, 3.05) is 18.4 Å². The molecule has 2 aromatic rings. The normalized spacial score (nSPS) is 15.6. The summed E-state index contributed by atoms with van der Waals surface area (Å²) in [6.07, 6.45) is 2.69. The summed E-state index contributed by atoms with van der Waals surface area (Å²) in [7, 11) is 0. The number of unbranched alkanes of at least 4 members (excludes halogenated alkanes) is 1. The average molecular weight is 365 g/mol. The summed E-state index contributed by atoms with van der Waals surface area (Å²) in [5.41, 5.74) is 3.18. The van der Waals surface area contributed by atoms with E-state index in [2.05, 4.69) is 24.5 Å². The number of carbonyl (C=O) groups excluding carboxylic acids is 2. The van der Waals surface area contributed by atoms with Gasteiger partial charge in [0.1, 0.15) is 6.17 Å². The third kappa shape index (κ3) is 4.13. The third-order valence-corrected chi connectivity index (χ3v) is 4.77. The molecule has 1 aliphatic rings. The van der Waals surface area contributed by atoms with Crippen LogP contribution in [0, 0.1) is 0 Å². The Hall–Kier alpha value is -2.82. The van der Waals surface area contributed by atoms with Crippen LogP contribution in [0.15, 0.2) is 48.5 Å². The van der Waals surface area contributed by atoms with Gasteiger partial charge in [0.05, 0.1) is 0 Å². The monoisotopic (exact) mass is 365 g/mol. The number of amides is 2. The number of benzene rings is 2. The van der Waals surface area contributed by atoms with Gasteiger partial charge in [-0.15, -0.1) is 0 Å². The fourth-order valence-corrected chi connectivity index (χ4v) is 3.39. The van der Waals surface area contributed by atoms with Crippen molar-refractivity contribution in [1.82, 2.24) is 10.2 Å². The van der Waals surface area contributed by atoms with E-state index in [1.165, 1.54) is 0 Å². The molecule has 0 bridgehead atoms. The van der Waals surface area contributed by atoms with Crippen molar-refractivity contribution in [2.24, 2.45) is 0 Å². The van der Waals surface area contributed by atoms with Gasteiger partial charge in [0.15, 0.2) is 0 Å². The maximum Gasteiger partial charge on any atom is 0.256 e. The molecule has 1 aliphatic heterocycles. The van der Waals surface area contributed by atoms with Crippen LogP contribution < -0.4 is 10.6 Å². The highest BCUT2D eigenvalue weighted by molar-refractivity contribution is 5.99. The SMILES string of the molecule is CCCCNC(=O)c1cccc(N[C@H]2c3ccccc3C(=O)N2CCC)c1. The Kier molecular flexibility index (Phi) is 6.12. The summed E-state index contributed by atoms with van der Waals surface area (Å²) in [5.74, 6) is -0.0150. The van der Waals surface area contributed by atoms with Crippen molar-refractivity contribution < 1.29 is 9.59 Å². The molecular formula is C22H27N3O2. The van der Waals surface area contributed by atoms with Crippen LogP contribution in [0.4, 0.5) is 5.69 Å². The molecule has 0 saturated carbocycles. The molecule has 5 nitrogen and oxygen atoms in total. The smallest absolute Gasteiger partial charge is 0.256 e. The molecule has 0 unspecified atom stereocenters. The van der Waals surface area contributed by atoms with Crippen LogP contribution in [0.1, 0.15) is 65.6 Å². The molecule has 3 rings (SSSR count). The Morgan fingerprint density at radius 1 is 1.07 bits per heavy atom. The van der Waals surface area contributed by atoms with Crippen LogP contribution in [0.5, 0.6) is 0 Å². The Morgan fingerprint density at radius 3 is 2.67 bits per heavy atom. The van der Waals surface area contributed by atoms with Crippen molar-refractivity contribution in [3.63, 3.8) is 0 Å². The van der Waals surface area contributed by atoms with Gasteiger partial charge in [-0.05, 0) is 37.1 Å². The lowest BCUT2D eigenvalue weighted by molar-refractivity contribution is 0.0742. The molecule has 2 amide bonds. The molecule has 1 heterocycles. The van der Waals surface area contributed by atoms with Crippen LogP contribution in [0.3, 0.4) is 0 Å². The number of hydrogen-bond acceptors (Lipinski definition) is 3. The fraction of sp³-hybridized carbons (Fsp3) is 0.364. The van der Waals surface area contributed by atoms with E-state index in [4.69, 9.17) is 0 Å². The zero-order chi connectivity index (χ0) is 19.2. The topological polar surface area (TPSA) is 61.4 Å². The maximum absolute atomic E-state index is 12.7. The highest BCUT2D eigenvalue weighted by Gasteiger charge is 2.35. The number of nitrogens with zero attached hydrogens (tertiary/aromatic N) is 1. The molecule has 2 aromatic carbocycles. The predicted molar refractivity (Wildman–Crippen MR) is 108 cm³/mol. The highest BCUT2D eigenvalue weighted by atomic mass is 16.2. The van der Waals surface area contributed by atoms with Crippen LogP contribution >= 0.6 is 0 Å². The van der Waals surface area contributed by atoms with E-state index >= 15 is 0 Å². The van der Waals surface area contributed by atoms with E-state index in [0.29, 0.717) is 18.7 Å². The van der Waals surface area contributed by atoms with Crippen LogP contribution in [-0.2, 0) is 0 Å². The summed E-state index contributed by atoms with van der Waals surface area (Å²) in [6.45, 7) is 5.53. The van der Waals surface area contributed by atoms with Crippen molar-refractivity contribution in [3.8, 4) is 0 Å². The summed E-state index contributed by atoms with van der Waals surface area (Å²) < 4.78 is 0. The fourth-order valence-electron chi connectivity index (χ4n) is 3.39. The van der Waals surface area contributed by atoms with Gasteiger partial charge in [0.25, 0.3) is 11.8 Å². The number of rotatable bonds is 8. The zero-order valence-electron chi connectivity index (χ0n) is 16.0. The molecule has 142 valence electrons. The summed E-state index contributed by atoms with van der Waals surface area (Å²) in [5, 5.41) is 6.39. The number of carbonyl (C=O) groups is 2. The number of anilines is 1. The van der Waals surface area contributed by atoms with Crippen molar-refractivity contribution >= 4 is 17.5 Å². The molecule has 0 saturated heterocycles. The molecule has 0 spiro atoms. The predicted octanol–water partition coefficient (Wildman–Crippen LogP) is 4.19. The molecule has 5 heteroatoms. The number of nitrogens with one attached hydrogen (secondary N) is 2. The number of fused-ring (bicyclic) bond motifs is 1. The van der Waals surface area contributed by atoms with Gasteiger partial charge < -0.3 is 15.5 Å². The second-order valence-electron chi connectivity index (χ2n) is 6.82. The van der Waals surface area contributed by atoms with E-state index in [0.717, 1.165) is 36.1 Å². The van der Waals surface area contributed by atoms with Gasteiger partial charge in [0, 0.05) is 35.5 Å². The van der Waals surface area contributed by atoms with Gasteiger partial charge in [-0.25, -0.2) is 0 Å².